The highest BCUT2D eigenvalue weighted by Gasteiger charge is 2.35. The lowest BCUT2D eigenvalue weighted by Crippen LogP contribution is -2.42. The summed E-state index contributed by atoms with van der Waals surface area (Å²) in [6, 6.07) is 7.33. The van der Waals surface area contributed by atoms with Gasteiger partial charge in [0, 0.05) is 31.7 Å². The lowest BCUT2D eigenvalue weighted by atomic mass is 9.91. The summed E-state index contributed by atoms with van der Waals surface area (Å²) in [7, 11) is 1.76. The predicted molar refractivity (Wildman–Crippen MR) is 152 cm³/mol. The van der Waals surface area contributed by atoms with E-state index in [2.05, 4.69) is 10.2 Å². The van der Waals surface area contributed by atoms with Gasteiger partial charge in [0.05, 0.1) is 28.6 Å². The van der Waals surface area contributed by atoms with Gasteiger partial charge in [-0.15, -0.1) is 0 Å². The van der Waals surface area contributed by atoms with E-state index in [0.717, 1.165) is 51.9 Å². The Bertz CT molecular complexity index is 1190. The third kappa shape index (κ3) is 5.91. The Hall–Kier alpha value is -2.84. The first-order valence-corrected chi connectivity index (χ1v) is 14.0. The molecular formula is C29H40ClN5O3. The Morgan fingerprint density at radius 2 is 1.84 bits per heavy atom. The number of hydrogen-bond donors (Lipinski definition) is 1. The van der Waals surface area contributed by atoms with E-state index in [1.807, 2.05) is 50.8 Å². The molecule has 0 spiro atoms. The molecule has 3 heterocycles. The van der Waals surface area contributed by atoms with E-state index in [9.17, 15) is 14.4 Å². The molecule has 1 aromatic heterocycles. The lowest BCUT2D eigenvalue weighted by molar-refractivity contribution is -0.139. The van der Waals surface area contributed by atoms with Crippen molar-refractivity contribution in [1.82, 2.24) is 14.4 Å². The van der Waals surface area contributed by atoms with Crippen LogP contribution in [0.4, 0.5) is 17.1 Å². The van der Waals surface area contributed by atoms with Gasteiger partial charge in [-0.1, -0.05) is 44.5 Å². The van der Waals surface area contributed by atoms with Gasteiger partial charge in [-0.05, 0) is 63.7 Å². The number of carbonyl (C=O) groups excluding carboxylic acids is 3. The zero-order valence-electron chi connectivity index (χ0n) is 23.2. The number of piperidine rings is 1. The average molecular weight is 542 g/mol. The molecule has 2 aliphatic heterocycles. The van der Waals surface area contributed by atoms with Crippen LogP contribution in [0.3, 0.4) is 0 Å². The Morgan fingerprint density at radius 1 is 1.16 bits per heavy atom. The number of aromatic nitrogens is 1. The number of amides is 3. The van der Waals surface area contributed by atoms with Crippen LogP contribution in [0.25, 0.3) is 0 Å². The van der Waals surface area contributed by atoms with Crippen LogP contribution in [0.1, 0.15) is 63.9 Å². The number of carbonyl (C=O) groups is 3. The van der Waals surface area contributed by atoms with Crippen LogP contribution in [0.15, 0.2) is 30.5 Å². The summed E-state index contributed by atoms with van der Waals surface area (Å²) < 4.78 is 1.67. The molecule has 2 aliphatic rings. The summed E-state index contributed by atoms with van der Waals surface area (Å²) in [6.07, 6.45) is 5.81. The summed E-state index contributed by atoms with van der Waals surface area (Å²) in [5.41, 5.74) is 1.66. The Kier molecular flexibility index (Phi) is 8.52. The molecular weight excluding hydrogens is 502 g/mol. The van der Waals surface area contributed by atoms with Crippen LogP contribution in [0.2, 0.25) is 5.02 Å². The van der Waals surface area contributed by atoms with Crippen LogP contribution >= 0.6 is 11.6 Å². The molecule has 0 radical (unpaired) electrons. The zero-order chi connectivity index (χ0) is 27.6. The predicted octanol–water partition coefficient (Wildman–Crippen LogP) is 5.30. The third-order valence-corrected chi connectivity index (χ3v) is 7.89. The highest BCUT2D eigenvalue weighted by molar-refractivity contribution is 6.36. The second kappa shape index (κ2) is 11.5. The standard InChI is InChI=1S/C29H40ClN5O3/c1-6-34(28(38)29(2,3)4)15-9-10-20-13-16-33(17-14-20)19-24(36)35-23-12-8-7-11-22(23)31-27(37)26-25(35)21(30)18-32(26)5/h7-8,11-12,18,20H,6,9-10,13-17,19H2,1-5H3,(H,31,37). The fourth-order valence-electron chi connectivity index (χ4n) is 5.54. The second-order valence-electron chi connectivity index (χ2n) is 11.5. The number of benzene rings is 1. The summed E-state index contributed by atoms with van der Waals surface area (Å²) in [4.78, 5) is 45.1. The van der Waals surface area contributed by atoms with Crippen LogP contribution in [-0.2, 0) is 16.6 Å². The monoisotopic (exact) mass is 541 g/mol. The van der Waals surface area contributed by atoms with E-state index in [1.165, 1.54) is 0 Å². The molecule has 1 N–H and O–H groups in total. The number of rotatable bonds is 7. The molecule has 38 heavy (non-hydrogen) atoms. The van der Waals surface area contributed by atoms with Gasteiger partial charge in [0.2, 0.25) is 11.8 Å². The van der Waals surface area contributed by atoms with Gasteiger partial charge in [0.1, 0.15) is 5.69 Å². The number of nitrogens with zero attached hydrogens (tertiary/aromatic N) is 4. The van der Waals surface area contributed by atoms with E-state index in [4.69, 9.17) is 11.6 Å². The number of anilines is 3. The van der Waals surface area contributed by atoms with E-state index in [-0.39, 0.29) is 29.7 Å². The van der Waals surface area contributed by atoms with Gasteiger partial charge in [0.25, 0.3) is 5.91 Å². The van der Waals surface area contributed by atoms with Gasteiger partial charge in [-0.2, -0.15) is 0 Å². The van der Waals surface area contributed by atoms with Gasteiger partial charge in [0.15, 0.2) is 0 Å². The quantitative estimate of drug-likeness (QED) is 0.516. The van der Waals surface area contributed by atoms with Gasteiger partial charge in [-0.3, -0.25) is 24.2 Å². The number of hydrogen-bond acceptors (Lipinski definition) is 4. The summed E-state index contributed by atoms with van der Waals surface area (Å²) in [5.74, 6) is 0.410. The summed E-state index contributed by atoms with van der Waals surface area (Å²) in [6.45, 7) is 11.4. The second-order valence-corrected chi connectivity index (χ2v) is 11.9. The maximum absolute atomic E-state index is 13.8. The number of aryl methyl sites for hydroxylation is 1. The Labute approximate surface area is 230 Å². The van der Waals surface area contributed by atoms with Crippen LogP contribution in [0, 0.1) is 11.3 Å². The number of likely N-dealkylation sites (tertiary alicyclic amines) is 1. The summed E-state index contributed by atoms with van der Waals surface area (Å²) >= 11 is 6.56. The highest BCUT2D eigenvalue weighted by Crippen LogP contribution is 2.42. The smallest absolute Gasteiger partial charge is 0.274 e. The van der Waals surface area contributed by atoms with E-state index in [0.29, 0.717) is 33.7 Å². The SMILES string of the molecule is CCN(CCCC1CCN(CC(=O)N2c3ccccc3NC(=O)c3c2c(Cl)cn3C)CC1)C(=O)C(C)(C)C. The van der Waals surface area contributed by atoms with E-state index >= 15 is 0 Å². The molecule has 0 atom stereocenters. The van der Waals surface area contributed by atoms with E-state index in [1.54, 1.807) is 28.8 Å². The minimum absolute atomic E-state index is 0.110. The maximum atomic E-state index is 13.8. The third-order valence-electron chi connectivity index (χ3n) is 7.61. The normalized spacial score (nSPS) is 16.5. The van der Waals surface area contributed by atoms with Crippen molar-refractivity contribution in [1.29, 1.82) is 0 Å². The molecule has 9 heteroatoms. The molecule has 3 amide bonds. The Morgan fingerprint density at radius 3 is 2.50 bits per heavy atom. The average Bonchev–Trinajstić information content (AvgIpc) is 3.08. The van der Waals surface area contributed by atoms with Gasteiger partial charge >= 0.3 is 0 Å². The van der Waals surface area contributed by atoms with Crippen molar-refractivity contribution in [3.8, 4) is 0 Å². The molecule has 206 valence electrons. The largest absolute Gasteiger partial charge is 0.343 e. The minimum Gasteiger partial charge on any atom is -0.343 e. The van der Waals surface area contributed by atoms with E-state index < -0.39 is 0 Å². The zero-order valence-corrected chi connectivity index (χ0v) is 24.0. The molecule has 1 fully saturated rings. The van der Waals surface area contributed by atoms with Crippen molar-refractivity contribution in [3.63, 3.8) is 0 Å². The van der Waals surface area contributed by atoms with Crippen molar-refractivity contribution in [2.45, 2.75) is 53.4 Å². The van der Waals surface area contributed by atoms with Crippen molar-refractivity contribution >= 4 is 46.4 Å². The van der Waals surface area contributed by atoms with Crippen LogP contribution in [0.5, 0.6) is 0 Å². The first-order chi connectivity index (χ1) is 18.0. The number of para-hydroxylation sites is 2. The number of halogens is 1. The minimum atomic E-state index is -0.351. The first-order valence-electron chi connectivity index (χ1n) is 13.6. The molecule has 0 aliphatic carbocycles. The van der Waals surface area contributed by atoms with Gasteiger partial charge < -0.3 is 14.8 Å². The fourth-order valence-corrected chi connectivity index (χ4v) is 5.86. The van der Waals surface area contributed by atoms with Crippen LogP contribution in [-0.4, -0.2) is 64.8 Å². The van der Waals surface area contributed by atoms with Crippen molar-refractivity contribution in [3.05, 3.63) is 41.2 Å². The summed E-state index contributed by atoms with van der Waals surface area (Å²) in [5, 5.41) is 3.29. The lowest BCUT2D eigenvalue weighted by Gasteiger charge is -2.34. The van der Waals surface area contributed by atoms with Crippen molar-refractivity contribution in [2.24, 2.45) is 18.4 Å². The molecule has 0 unspecified atom stereocenters. The number of fused-ring (bicyclic) bond motifs is 2. The van der Waals surface area contributed by atoms with Crippen LogP contribution < -0.4 is 10.2 Å². The Balaban J connectivity index is 1.38. The highest BCUT2D eigenvalue weighted by atomic mass is 35.5. The van der Waals surface area contributed by atoms with Crippen molar-refractivity contribution in [2.75, 3.05) is 42.9 Å². The molecule has 8 nitrogen and oxygen atoms in total. The van der Waals surface area contributed by atoms with Crippen molar-refractivity contribution < 1.29 is 14.4 Å². The molecule has 0 bridgehead atoms. The molecule has 0 saturated carbocycles. The maximum Gasteiger partial charge on any atom is 0.274 e. The fraction of sp³-hybridized carbons (Fsp3) is 0.552. The number of nitrogens with one attached hydrogen (secondary N) is 1. The molecule has 4 rings (SSSR count). The molecule has 1 saturated heterocycles. The molecule has 2 aromatic rings. The van der Waals surface area contributed by atoms with Gasteiger partial charge in [-0.25, -0.2) is 0 Å². The first kappa shape index (κ1) is 28.2. The topological polar surface area (TPSA) is 77.9 Å². The molecule has 1 aromatic carbocycles.